The molecule has 208 valence electrons. The van der Waals surface area contributed by atoms with Crippen LogP contribution in [0.4, 0.5) is 5.69 Å². The van der Waals surface area contributed by atoms with Crippen molar-refractivity contribution in [2.24, 2.45) is 20.0 Å². The van der Waals surface area contributed by atoms with E-state index in [1.165, 1.54) is 0 Å². The first-order valence-electron chi connectivity index (χ1n) is 13.8. The maximum absolute atomic E-state index is 13.7. The second-order valence-electron chi connectivity index (χ2n) is 10.8. The Morgan fingerprint density at radius 2 is 1.78 bits per heavy atom. The van der Waals surface area contributed by atoms with Gasteiger partial charge in [0.2, 0.25) is 5.91 Å². The van der Waals surface area contributed by atoms with Crippen molar-refractivity contribution in [2.75, 3.05) is 5.32 Å². The first kappa shape index (κ1) is 26.4. The Morgan fingerprint density at radius 3 is 2.56 bits per heavy atom. The Kier molecular flexibility index (Phi) is 6.82. The monoisotopic (exact) mass is 548 g/mol. The molecular formula is C31H32N8O2. The zero-order chi connectivity index (χ0) is 28.7. The molecule has 2 atom stereocenters. The fourth-order valence-electron chi connectivity index (χ4n) is 5.56. The lowest BCUT2D eigenvalue weighted by Crippen LogP contribution is -2.27. The first-order valence-corrected chi connectivity index (χ1v) is 13.8. The smallest absolute Gasteiger partial charge is 0.254 e. The van der Waals surface area contributed by atoms with Gasteiger partial charge in [-0.2, -0.15) is 10.2 Å². The van der Waals surface area contributed by atoms with Gasteiger partial charge in [0.05, 0.1) is 47.5 Å². The molecule has 10 nitrogen and oxygen atoms in total. The third-order valence-electron chi connectivity index (χ3n) is 7.79. The van der Waals surface area contributed by atoms with E-state index in [1.807, 2.05) is 70.7 Å². The minimum Gasteiger partial charge on any atom is -0.323 e. The summed E-state index contributed by atoms with van der Waals surface area (Å²) in [5.74, 6) is -0.240. The Bertz CT molecular complexity index is 1810. The average Bonchev–Trinajstić information content (AvgIpc) is 3.55. The number of hydrogen-bond donors (Lipinski definition) is 1. The number of hydrogen-bond acceptors (Lipinski definition) is 6. The van der Waals surface area contributed by atoms with Gasteiger partial charge in [0.25, 0.3) is 5.56 Å². The van der Waals surface area contributed by atoms with E-state index in [1.54, 1.807) is 38.7 Å². The van der Waals surface area contributed by atoms with E-state index in [-0.39, 0.29) is 23.4 Å². The van der Waals surface area contributed by atoms with Crippen LogP contribution in [-0.4, -0.2) is 40.0 Å². The Morgan fingerprint density at radius 1 is 0.927 bits per heavy atom. The summed E-state index contributed by atoms with van der Waals surface area (Å²) < 4.78 is 5.16. The van der Waals surface area contributed by atoms with Crippen LogP contribution in [0.1, 0.15) is 43.5 Å². The van der Waals surface area contributed by atoms with Gasteiger partial charge in [0, 0.05) is 55.2 Å². The van der Waals surface area contributed by atoms with Gasteiger partial charge in [-0.1, -0.05) is 31.0 Å². The maximum atomic E-state index is 13.7. The standard InChI is InChI=1S/C31H32N8O2/c1-19-8-9-23(22-15-34-37(3)17-22)24(12-19)25-14-29(40)39(18-33-25)28-7-5-6-20(2)31(41)36-27-16-35-38(4)30(27)21-10-11-32-26(28)13-21/h8-18,20,28H,5-7H2,1-4H3,(H,36,41)/t20-,28+/m1/s1. The minimum absolute atomic E-state index is 0.0450. The van der Waals surface area contributed by atoms with Gasteiger partial charge in [-0.25, -0.2) is 4.98 Å². The van der Waals surface area contributed by atoms with Gasteiger partial charge in [-0.15, -0.1) is 0 Å². The van der Waals surface area contributed by atoms with E-state index in [4.69, 9.17) is 9.97 Å². The summed E-state index contributed by atoms with van der Waals surface area (Å²) in [6, 6.07) is 11.3. The molecule has 0 spiro atoms. The van der Waals surface area contributed by atoms with Gasteiger partial charge < -0.3 is 5.32 Å². The number of benzene rings is 1. The quantitative estimate of drug-likeness (QED) is 0.348. The minimum atomic E-state index is -0.342. The Hall–Kier alpha value is -4.86. The molecule has 6 rings (SSSR count). The molecule has 1 N–H and O–H groups in total. The van der Waals surface area contributed by atoms with Crippen LogP contribution in [0.25, 0.3) is 33.6 Å². The highest BCUT2D eigenvalue weighted by molar-refractivity contribution is 5.95. The predicted molar refractivity (Wildman–Crippen MR) is 157 cm³/mol. The molecule has 1 aliphatic heterocycles. The molecule has 5 aromatic rings. The van der Waals surface area contributed by atoms with E-state index in [0.29, 0.717) is 24.2 Å². The molecule has 4 aromatic heterocycles. The molecule has 1 amide bonds. The summed E-state index contributed by atoms with van der Waals surface area (Å²) >= 11 is 0. The molecule has 1 aromatic carbocycles. The van der Waals surface area contributed by atoms with Crippen molar-refractivity contribution in [3.63, 3.8) is 0 Å². The number of amides is 1. The van der Waals surface area contributed by atoms with Gasteiger partial charge in [-0.05, 0) is 43.5 Å². The van der Waals surface area contributed by atoms with Gasteiger partial charge in [0.15, 0.2) is 0 Å². The molecule has 0 saturated carbocycles. The third kappa shape index (κ3) is 5.08. The van der Waals surface area contributed by atoms with Crippen molar-refractivity contribution in [1.29, 1.82) is 0 Å². The second kappa shape index (κ2) is 10.6. The Balaban J connectivity index is 1.44. The van der Waals surface area contributed by atoms with Crippen LogP contribution in [0.2, 0.25) is 0 Å². The molecule has 0 unspecified atom stereocenters. The summed E-state index contributed by atoms with van der Waals surface area (Å²) in [4.78, 5) is 36.2. The number of aryl methyl sites for hydroxylation is 3. The number of pyridine rings is 1. The van der Waals surface area contributed by atoms with Crippen molar-refractivity contribution in [3.8, 4) is 33.6 Å². The summed E-state index contributed by atoms with van der Waals surface area (Å²) in [6.07, 6.45) is 10.9. The van der Waals surface area contributed by atoms with Crippen LogP contribution in [0.5, 0.6) is 0 Å². The fourth-order valence-corrected chi connectivity index (χ4v) is 5.56. The van der Waals surface area contributed by atoms with Crippen LogP contribution >= 0.6 is 0 Å². The van der Waals surface area contributed by atoms with Crippen molar-refractivity contribution in [2.45, 2.75) is 39.2 Å². The zero-order valence-corrected chi connectivity index (χ0v) is 23.6. The normalized spacial score (nSPS) is 17.3. The molecule has 0 fully saturated rings. The van der Waals surface area contributed by atoms with Crippen molar-refractivity contribution in [3.05, 3.63) is 89.1 Å². The summed E-state index contributed by atoms with van der Waals surface area (Å²) in [5, 5.41) is 11.7. The second-order valence-corrected chi connectivity index (χ2v) is 10.8. The van der Waals surface area contributed by atoms with Gasteiger partial charge in [-0.3, -0.25) is 28.5 Å². The predicted octanol–water partition coefficient (Wildman–Crippen LogP) is 4.76. The van der Waals surface area contributed by atoms with E-state index < -0.39 is 0 Å². The number of fused-ring (bicyclic) bond motifs is 4. The molecule has 0 radical (unpaired) electrons. The van der Waals surface area contributed by atoms with Crippen molar-refractivity contribution >= 4 is 11.6 Å². The largest absolute Gasteiger partial charge is 0.323 e. The molecule has 10 heteroatoms. The van der Waals surface area contributed by atoms with E-state index in [0.717, 1.165) is 45.6 Å². The van der Waals surface area contributed by atoms with Crippen LogP contribution in [-0.2, 0) is 18.9 Å². The SMILES string of the molecule is Cc1ccc(-c2cnn(C)c2)c(-c2cc(=O)n([C@H]3CCC[C@@H](C)C(=O)Nc4cnn(C)c4-c4ccnc3c4)cn2)c1. The Labute approximate surface area is 237 Å². The topological polar surface area (TPSA) is 113 Å². The van der Waals surface area contributed by atoms with E-state index in [2.05, 4.69) is 15.5 Å². The molecule has 5 heterocycles. The summed E-state index contributed by atoms with van der Waals surface area (Å²) in [5.41, 5.74) is 7.39. The fraction of sp³-hybridized carbons (Fsp3) is 0.290. The third-order valence-corrected chi connectivity index (χ3v) is 7.79. The lowest BCUT2D eigenvalue weighted by atomic mass is 9.96. The highest BCUT2D eigenvalue weighted by Crippen LogP contribution is 2.34. The highest BCUT2D eigenvalue weighted by atomic mass is 16.2. The first-order chi connectivity index (χ1) is 19.8. The number of rotatable bonds is 3. The number of anilines is 1. The molecule has 2 bridgehead atoms. The van der Waals surface area contributed by atoms with Gasteiger partial charge in [0.1, 0.15) is 0 Å². The number of aromatic nitrogens is 7. The van der Waals surface area contributed by atoms with Gasteiger partial charge >= 0.3 is 0 Å². The number of nitrogens with one attached hydrogen (secondary N) is 1. The zero-order valence-electron chi connectivity index (χ0n) is 23.6. The van der Waals surface area contributed by atoms with Crippen molar-refractivity contribution < 1.29 is 4.79 Å². The van der Waals surface area contributed by atoms with Crippen molar-refractivity contribution in [1.82, 2.24) is 34.1 Å². The number of carbonyl (C=O) groups excluding carboxylic acids is 1. The molecule has 0 aliphatic carbocycles. The lowest BCUT2D eigenvalue weighted by molar-refractivity contribution is -0.119. The van der Waals surface area contributed by atoms with Crippen LogP contribution in [0, 0.1) is 12.8 Å². The van der Waals surface area contributed by atoms with E-state index >= 15 is 0 Å². The van der Waals surface area contributed by atoms with Crippen LogP contribution in [0.3, 0.4) is 0 Å². The molecule has 0 saturated heterocycles. The van der Waals surface area contributed by atoms with E-state index in [9.17, 15) is 9.59 Å². The van der Waals surface area contributed by atoms with Crippen LogP contribution in [0.15, 0.2) is 72.3 Å². The number of nitrogens with zero attached hydrogens (tertiary/aromatic N) is 7. The molecule has 1 aliphatic rings. The highest BCUT2D eigenvalue weighted by Gasteiger charge is 2.24. The summed E-state index contributed by atoms with van der Waals surface area (Å²) in [6.45, 7) is 3.95. The molecular weight excluding hydrogens is 516 g/mol. The lowest BCUT2D eigenvalue weighted by Gasteiger charge is -2.22. The number of carbonyl (C=O) groups is 1. The maximum Gasteiger partial charge on any atom is 0.254 e. The molecule has 41 heavy (non-hydrogen) atoms. The van der Waals surface area contributed by atoms with Crippen LogP contribution < -0.4 is 10.9 Å². The summed E-state index contributed by atoms with van der Waals surface area (Å²) in [7, 11) is 3.72. The average molecular weight is 549 g/mol.